The smallest absolute Gasteiger partial charge is 0.141 e. The molecule has 0 N–H and O–H groups in total. The van der Waals surface area contributed by atoms with Crippen LogP contribution in [-0.2, 0) is 0 Å². The summed E-state index contributed by atoms with van der Waals surface area (Å²) >= 11 is 0. The molecule has 2 rings (SSSR count). The molecular weight excluding hydrogens is 213 g/mol. The molecular formula is C15H12FN. The van der Waals surface area contributed by atoms with Crippen LogP contribution in [0.1, 0.15) is 16.7 Å². The summed E-state index contributed by atoms with van der Waals surface area (Å²) in [6.45, 7) is 3.94. The molecule has 17 heavy (non-hydrogen) atoms. The van der Waals surface area contributed by atoms with Crippen molar-refractivity contribution < 1.29 is 4.39 Å². The van der Waals surface area contributed by atoms with Gasteiger partial charge in [0.05, 0.1) is 5.56 Å². The largest absolute Gasteiger partial charge is 0.206 e. The lowest BCUT2D eigenvalue weighted by atomic mass is 9.95. The number of nitrogens with zero attached hydrogens (tertiary/aromatic N) is 1. The molecule has 0 amide bonds. The van der Waals surface area contributed by atoms with Crippen molar-refractivity contribution in [3.8, 4) is 17.2 Å². The maximum atomic E-state index is 13.5. The number of hydrogen-bond donors (Lipinski definition) is 0. The van der Waals surface area contributed by atoms with E-state index in [0.29, 0.717) is 5.56 Å². The molecule has 0 bridgehead atoms. The van der Waals surface area contributed by atoms with E-state index in [1.165, 1.54) is 6.07 Å². The van der Waals surface area contributed by atoms with E-state index in [0.717, 1.165) is 16.7 Å². The van der Waals surface area contributed by atoms with E-state index < -0.39 is 5.82 Å². The Kier molecular flexibility index (Phi) is 2.93. The van der Waals surface area contributed by atoms with Gasteiger partial charge in [0.1, 0.15) is 11.9 Å². The first-order chi connectivity index (χ1) is 8.13. The first-order valence-electron chi connectivity index (χ1n) is 5.39. The molecule has 0 unspecified atom stereocenters. The maximum absolute atomic E-state index is 13.5. The molecule has 0 fully saturated rings. The maximum Gasteiger partial charge on any atom is 0.141 e. The van der Waals surface area contributed by atoms with Crippen molar-refractivity contribution in [3.05, 3.63) is 58.9 Å². The fraction of sp³-hybridized carbons (Fsp3) is 0.133. The molecule has 2 heteroatoms. The van der Waals surface area contributed by atoms with E-state index in [4.69, 9.17) is 5.26 Å². The Morgan fingerprint density at radius 3 is 2.53 bits per heavy atom. The monoisotopic (exact) mass is 225 g/mol. The summed E-state index contributed by atoms with van der Waals surface area (Å²) < 4.78 is 13.5. The molecule has 0 spiro atoms. The Morgan fingerprint density at radius 1 is 1.06 bits per heavy atom. The van der Waals surface area contributed by atoms with Crippen LogP contribution >= 0.6 is 0 Å². The third-order valence-electron chi connectivity index (χ3n) is 2.81. The van der Waals surface area contributed by atoms with E-state index in [2.05, 4.69) is 0 Å². The molecule has 0 heterocycles. The fourth-order valence-electron chi connectivity index (χ4n) is 1.89. The normalized spacial score (nSPS) is 10.0. The number of aryl methyl sites for hydroxylation is 2. The van der Waals surface area contributed by atoms with Gasteiger partial charge in [0.15, 0.2) is 0 Å². The second kappa shape index (κ2) is 4.39. The minimum absolute atomic E-state index is 0.112. The number of nitriles is 1. The van der Waals surface area contributed by atoms with Crippen molar-refractivity contribution in [2.75, 3.05) is 0 Å². The van der Waals surface area contributed by atoms with E-state index >= 15 is 0 Å². The summed E-state index contributed by atoms with van der Waals surface area (Å²) in [5.74, 6) is -0.467. The van der Waals surface area contributed by atoms with Crippen LogP contribution in [0, 0.1) is 31.0 Å². The third-order valence-corrected chi connectivity index (χ3v) is 2.81. The zero-order chi connectivity index (χ0) is 12.4. The molecule has 2 aromatic rings. The molecule has 0 saturated heterocycles. The van der Waals surface area contributed by atoms with Crippen molar-refractivity contribution in [3.63, 3.8) is 0 Å². The molecule has 0 aromatic heterocycles. The van der Waals surface area contributed by atoms with Crippen molar-refractivity contribution in [1.82, 2.24) is 0 Å². The topological polar surface area (TPSA) is 23.8 Å². The molecule has 1 nitrogen and oxygen atoms in total. The Labute approximate surface area is 100 Å². The van der Waals surface area contributed by atoms with Crippen LogP contribution in [0.2, 0.25) is 0 Å². The highest BCUT2D eigenvalue weighted by Crippen LogP contribution is 2.28. The van der Waals surface area contributed by atoms with Gasteiger partial charge in [-0.15, -0.1) is 0 Å². The van der Waals surface area contributed by atoms with Crippen LogP contribution in [0.3, 0.4) is 0 Å². The predicted octanol–water partition coefficient (Wildman–Crippen LogP) is 3.98. The van der Waals surface area contributed by atoms with Gasteiger partial charge < -0.3 is 0 Å². The van der Waals surface area contributed by atoms with E-state index in [-0.39, 0.29) is 5.56 Å². The minimum Gasteiger partial charge on any atom is -0.206 e. The van der Waals surface area contributed by atoms with Crippen LogP contribution in [0.5, 0.6) is 0 Å². The van der Waals surface area contributed by atoms with Gasteiger partial charge in [0, 0.05) is 5.56 Å². The summed E-state index contributed by atoms with van der Waals surface area (Å²) in [6.07, 6.45) is 0. The minimum atomic E-state index is -0.467. The summed E-state index contributed by atoms with van der Waals surface area (Å²) in [5, 5.41) is 9.03. The van der Waals surface area contributed by atoms with Crippen molar-refractivity contribution in [2.45, 2.75) is 13.8 Å². The SMILES string of the molecule is Cc1ccc(C)c(-c2cccc(F)c2C#N)c1. The van der Waals surface area contributed by atoms with Gasteiger partial charge in [-0.1, -0.05) is 35.9 Å². The zero-order valence-corrected chi connectivity index (χ0v) is 9.79. The summed E-state index contributed by atoms with van der Waals surface area (Å²) in [7, 11) is 0. The fourth-order valence-corrected chi connectivity index (χ4v) is 1.89. The second-order valence-electron chi connectivity index (χ2n) is 4.09. The Morgan fingerprint density at radius 2 is 1.82 bits per heavy atom. The van der Waals surface area contributed by atoms with Gasteiger partial charge in [-0.25, -0.2) is 4.39 Å². The molecule has 84 valence electrons. The Hall–Kier alpha value is -2.14. The lowest BCUT2D eigenvalue weighted by Crippen LogP contribution is -1.92. The van der Waals surface area contributed by atoms with Crippen LogP contribution in [0.25, 0.3) is 11.1 Å². The van der Waals surface area contributed by atoms with Crippen LogP contribution in [0.4, 0.5) is 4.39 Å². The molecule has 0 radical (unpaired) electrons. The highest BCUT2D eigenvalue weighted by Gasteiger charge is 2.11. The summed E-state index contributed by atoms with van der Waals surface area (Å²) in [4.78, 5) is 0. The van der Waals surface area contributed by atoms with Gasteiger partial charge in [0.2, 0.25) is 0 Å². The second-order valence-corrected chi connectivity index (χ2v) is 4.09. The summed E-state index contributed by atoms with van der Waals surface area (Å²) in [5.41, 5.74) is 3.83. The highest BCUT2D eigenvalue weighted by atomic mass is 19.1. The molecule has 0 atom stereocenters. The Bertz CT molecular complexity index is 609. The molecule has 0 saturated carbocycles. The third kappa shape index (κ3) is 2.05. The molecule has 2 aromatic carbocycles. The summed E-state index contributed by atoms with van der Waals surface area (Å²) in [6, 6.07) is 12.6. The standard InChI is InChI=1S/C15H12FN/c1-10-6-7-11(2)13(8-10)12-4-3-5-15(16)14(12)9-17/h3-8H,1-2H3. The van der Waals surface area contributed by atoms with Crippen LogP contribution < -0.4 is 0 Å². The van der Waals surface area contributed by atoms with Gasteiger partial charge in [-0.05, 0) is 31.0 Å². The highest BCUT2D eigenvalue weighted by molar-refractivity contribution is 5.73. The Balaban J connectivity index is 2.73. The number of halogens is 1. The first-order valence-corrected chi connectivity index (χ1v) is 5.39. The molecule has 0 aliphatic heterocycles. The van der Waals surface area contributed by atoms with Crippen molar-refractivity contribution in [2.24, 2.45) is 0 Å². The van der Waals surface area contributed by atoms with E-state index in [1.54, 1.807) is 12.1 Å². The van der Waals surface area contributed by atoms with Crippen LogP contribution in [0.15, 0.2) is 36.4 Å². The van der Waals surface area contributed by atoms with Gasteiger partial charge in [-0.3, -0.25) is 0 Å². The van der Waals surface area contributed by atoms with Crippen molar-refractivity contribution in [1.29, 1.82) is 5.26 Å². The lowest BCUT2D eigenvalue weighted by Gasteiger charge is -2.09. The molecule has 0 aliphatic rings. The average molecular weight is 225 g/mol. The van der Waals surface area contributed by atoms with Gasteiger partial charge in [0.25, 0.3) is 0 Å². The van der Waals surface area contributed by atoms with Gasteiger partial charge >= 0.3 is 0 Å². The van der Waals surface area contributed by atoms with Gasteiger partial charge in [-0.2, -0.15) is 5.26 Å². The van der Waals surface area contributed by atoms with Crippen molar-refractivity contribution >= 4 is 0 Å². The van der Waals surface area contributed by atoms with E-state index in [9.17, 15) is 4.39 Å². The number of benzene rings is 2. The quantitative estimate of drug-likeness (QED) is 0.720. The first kappa shape index (κ1) is 11.3. The number of hydrogen-bond acceptors (Lipinski definition) is 1. The molecule has 0 aliphatic carbocycles. The zero-order valence-electron chi connectivity index (χ0n) is 9.79. The lowest BCUT2D eigenvalue weighted by molar-refractivity contribution is 0.624. The predicted molar refractivity (Wildman–Crippen MR) is 66.0 cm³/mol. The van der Waals surface area contributed by atoms with E-state index in [1.807, 2.05) is 38.1 Å². The van der Waals surface area contributed by atoms with Crippen LogP contribution in [-0.4, -0.2) is 0 Å². The average Bonchev–Trinajstić information content (AvgIpc) is 2.32. The number of rotatable bonds is 1.